The third-order valence-corrected chi connectivity index (χ3v) is 6.03. The van der Waals surface area contributed by atoms with Gasteiger partial charge in [-0.1, -0.05) is 30.9 Å². The van der Waals surface area contributed by atoms with Gasteiger partial charge in [-0.3, -0.25) is 4.79 Å². The minimum atomic E-state index is 0.00311. The summed E-state index contributed by atoms with van der Waals surface area (Å²) in [5.74, 6) is 0.0500. The van der Waals surface area contributed by atoms with Crippen LogP contribution in [0.25, 0.3) is 10.9 Å². The number of azo groups is 1. The van der Waals surface area contributed by atoms with E-state index in [-0.39, 0.29) is 11.8 Å². The van der Waals surface area contributed by atoms with E-state index in [1.807, 2.05) is 31.9 Å². The van der Waals surface area contributed by atoms with Gasteiger partial charge in [0.05, 0.1) is 11.2 Å². The first-order chi connectivity index (χ1) is 14.4. The van der Waals surface area contributed by atoms with Gasteiger partial charge in [0.2, 0.25) is 5.88 Å². The Labute approximate surface area is 176 Å². The molecular formula is C24H28N4O2. The molecule has 3 aromatic rings. The van der Waals surface area contributed by atoms with Crippen LogP contribution < -0.4 is 0 Å². The van der Waals surface area contributed by atoms with Crippen molar-refractivity contribution < 1.29 is 9.90 Å². The molecule has 4 rings (SSSR count). The molecule has 2 N–H and O–H groups in total. The summed E-state index contributed by atoms with van der Waals surface area (Å²) >= 11 is 0. The van der Waals surface area contributed by atoms with E-state index in [0.29, 0.717) is 23.0 Å². The summed E-state index contributed by atoms with van der Waals surface area (Å²) < 4.78 is 0. The molecule has 0 radical (unpaired) electrons. The highest BCUT2D eigenvalue weighted by molar-refractivity contribution is 5.96. The third-order valence-electron chi connectivity index (χ3n) is 6.03. The molecule has 6 heteroatoms. The minimum absolute atomic E-state index is 0.00311. The fourth-order valence-corrected chi connectivity index (χ4v) is 4.34. The highest BCUT2D eigenvalue weighted by Crippen LogP contribution is 2.38. The number of benzene rings is 2. The van der Waals surface area contributed by atoms with Crippen LogP contribution >= 0.6 is 0 Å². The number of H-pyrrole nitrogens is 1. The predicted octanol–water partition coefficient (Wildman–Crippen LogP) is 6.31. The number of fused-ring (bicyclic) bond motifs is 1. The first-order valence-corrected chi connectivity index (χ1v) is 10.5. The lowest BCUT2D eigenvalue weighted by Gasteiger charge is -2.31. The van der Waals surface area contributed by atoms with Crippen molar-refractivity contribution in [1.29, 1.82) is 0 Å². The van der Waals surface area contributed by atoms with Crippen LogP contribution in [0, 0.1) is 13.8 Å². The Morgan fingerprint density at radius 3 is 2.47 bits per heavy atom. The quantitative estimate of drug-likeness (QED) is 0.500. The number of nitrogens with zero attached hydrogens (tertiary/aromatic N) is 3. The molecule has 1 fully saturated rings. The monoisotopic (exact) mass is 404 g/mol. The Balaban J connectivity index is 1.52. The summed E-state index contributed by atoms with van der Waals surface area (Å²) in [5.41, 5.74) is 4.72. The Kier molecular flexibility index (Phi) is 5.57. The van der Waals surface area contributed by atoms with Gasteiger partial charge in [0, 0.05) is 24.0 Å². The molecule has 156 valence electrons. The number of aromatic hydroxyl groups is 1. The molecule has 0 bridgehead atoms. The number of amides is 1. The normalized spacial score (nSPS) is 15.2. The van der Waals surface area contributed by atoms with Gasteiger partial charge < -0.3 is 15.0 Å². The topological polar surface area (TPSA) is 81.0 Å². The van der Waals surface area contributed by atoms with E-state index in [1.165, 1.54) is 19.3 Å². The number of carbonyl (C=O) groups excluding carboxylic acids is 1. The fraction of sp³-hybridized carbons (Fsp3) is 0.375. The van der Waals surface area contributed by atoms with E-state index in [9.17, 15) is 9.90 Å². The summed E-state index contributed by atoms with van der Waals surface area (Å²) in [6, 6.07) is 11.5. The number of rotatable bonds is 4. The molecule has 30 heavy (non-hydrogen) atoms. The van der Waals surface area contributed by atoms with Crippen LogP contribution in [0.4, 0.5) is 11.4 Å². The van der Waals surface area contributed by atoms with Crippen molar-refractivity contribution in [2.75, 3.05) is 7.05 Å². The molecule has 1 aliphatic rings. The summed E-state index contributed by atoms with van der Waals surface area (Å²) in [4.78, 5) is 17.6. The van der Waals surface area contributed by atoms with Gasteiger partial charge in [-0.2, -0.15) is 5.11 Å². The number of aromatic nitrogens is 1. The summed E-state index contributed by atoms with van der Waals surface area (Å²) in [5, 5.41) is 19.7. The van der Waals surface area contributed by atoms with Gasteiger partial charge in [-0.25, -0.2) is 0 Å². The number of aryl methyl sites for hydroxylation is 2. The first-order valence-electron chi connectivity index (χ1n) is 10.5. The van der Waals surface area contributed by atoms with Crippen LogP contribution in [0.2, 0.25) is 0 Å². The van der Waals surface area contributed by atoms with Crippen molar-refractivity contribution in [3.63, 3.8) is 0 Å². The number of aromatic amines is 1. The molecule has 2 aromatic carbocycles. The Hall–Kier alpha value is -3.15. The maximum Gasteiger partial charge on any atom is 0.253 e. The van der Waals surface area contributed by atoms with Crippen LogP contribution in [0.1, 0.15) is 53.6 Å². The summed E-state index contributed by atoms with van der Waals surface area (Å²) in [7, 11) is 1.90. The second-order valence-corrected chi connectivity index (χ2v) is 8.28. The van der Waals surface area contributed by atoms with Crippen molar-refractivity contribution in [3.05, 3.63) is 53.1 Å². The van der Waals surface area contributed by atoms with Crippen molar-refractivity contribution in [2.24, 2.45) is 10.2 Å². The number of hydrogen-bond donors (Lipinski definition) is 2. The van der Waals surface area contributed by atoms with E-state index in [1.54, 1.807) is 24.3 Å². The molecule has 0 atom stereocenters. The van der Waals surface area contributed by atoms with Crippen LogP contribution in [-0.2, 0) is 0 Å². The van der Waals surface area contributed by atoms with E-state index < -0.39 is 0 Å². The molecule has 1 heterocycles. The lowest BCUT2D eigenvalue weighted by Crippen LogP contribution is -2.38. The highest BCUT2D eigenvalue weighted by Gasteiger charge is 2.22. The van der Waals surface area contributed by atoms with Crippen LogP contribution in [0.5, 0.6) is 5.88 Å². The summed E-state index contributed by atoms with van der Waals surface area (Å²) in [6.07, 6.45) is 5.83. The first kappa shape index (κ1) is 20.1. The molecule has 1 amide bonds. The van der Waals surface area contributed by atoms with Gasteiger partial charge in [-0.15, -0.1) is 5.11 Å². The molecule has 0 spiro atoms. The number of nitrogens with one attached hydrogen (secondary N) is 1. The highest BCUT2D eigenvalue weighted by atomic mass is 16.3. The average Bonchev–Trinajstić information content (AvgIpc) is 3.07. The molecule has 1 saturated carbocycles. The third kappa shape index (κ3) is 3.95. The Bertz CT molecular complexity index is 1090. The fourth-order valence-electron chi connectivity index (χ4n) is 4.34. The maximum absolute atomic E-state index is 12.8. The zero-order chi connectivity index (χ0) is 21.3. The SMILES string of the molecule is Cc1cc(C)c2[nH]c(O)c(N=Nc3ccc(C(=O)N(C)C4CCCCC4)cc3)c2c1. The second kappa shape index (κ2) is 8.30. The van der Waals surface area contributed by atoms with Gasteiger partial charge in [0.15, 0.2) is 5.69 Å². The smallest absolute Gasteiger partial charge is 0.253 e. The molecule has 1 aromatic heterocycles. The van der Waals surface area contributed by atoms with E-state index in [2.05, 4.69) is 21.3 Å². The van der Waals surface area contributed by atoms with Gasteiger partial charge >= 0.3 is 0 Å². The zero-order valence-electron chi connectivity index (χ0n) is 17.8. The molecular weight excluding hydrogens is 376 g/mol. The van der Waals surface area contributed by atoms with Crippen molar-refractivity contribution in [3.8, 4) is 5.88 Å². The molecule has 1 aliphatic carbocycles. The largest absolute Gasteiger partial charge is 0.493 e. The van der Waals surface area contributed by atoms with E-state index >= 15 is 0 Å². The van der Waals surface area contributed by atoms with Crippen LogP contribution in [0.15, 0.2) is 46.6 Å². The van der Waals surface area contributed by atoms with E-state index in [4.69, 9.17) is 0 Å². The summed E-state index contributed by atoms with van der Waals surface area (Å²) in [6.45, 7) is 4.00. The number of hydrogen-bond acceptors (Lipinski definition) is 4. The van der Waals surface area contributed by atoms with E-state index in [0.717, 1.165) is 34.9 Å². The van der Waals surface area contributed by atoms with Crippen molar-refractivity contribution in [1.82, 2.24) is 9.88 Å². The van der Waals surface area contributed by atoms with Crippen molar-refractivity contribution in [2.45, 2.75) is 52.0 Å². The van der Waals surface area contributed by atoms with Gasteiger partial charge in [0.25, 0.3) is 5.91 Å². The zero-order valence-corrected chi connectivity index (χ0v) is 17.8. The van der Waals surface area contributed by atoms with Gasteiger partial charge in [0.1, 0.15) is 0 Å². The second-order valence-electron chi connectivity index (χ2n) is 8.28. The Morgan fingerprint density at radius 2 is 1.77 bits per heavy atom. The average molecular weight is 405 g/mol. The van der Waals surface area contributed by atoms with Crippen LogP contribution in [0.3, 0.4) is 0 Å². The molecule has 6 nitrogen and oxygen atoms in total. The van der Waals surface area contributed by atoms with Crippen LogP contribution in [-0.4, -0.2) is 34.0 Å². The van der Waals surface area contributed by atoms with Crippen molar-refractivity contribution >= 4 is 28.2 Å². The van der Waals surface area contributed by atoms with Gasteiger partial charge in [-0.05, 0) is 62.6 Å². The minimum Gasteiger partial charge on any atom is -0.493 e. The molecule has 0 unspecified atom stereocenters. The standard InChI is InChI=1S/C24H28N4O2/c1-15-13-16(2)21-20(14-15)22(23(29)25-21)27-26-18-11-9-17(10-12-18)24(30)28(3)19-7-5-4-6-8-19/h9-14,19,25,29H,4-8H2,1-3H3. The Morgan fingerprint density at radius 1 is 1.07 bits per heavy atom. The maximum atomic E-state index is 12.8. The predicted molar refractivity (Wildman–Crippen MR) is 119 cm³/mol. The lowest BCUT2D eigenvalue weighted by atomic mass is 9.94. The molecule has 0 aliphatic heterocycles. The molecule has 0 saturated heterocycles. The lowest BCUT2D eigenvalue weighted by molar-refractivity contribution is 0.0696. The number of carbonyl (C=O) groups is 1.